The lowest BCUT2D eigenvalue weighted by atomic mass is 9.53. The maximum Gasteiger partial charge on any atom is 0.394 e. The largest absolute Gasteiger partial charge is 0.481 e. The summed E-state index contributed by atoms with van der Waals surface area (Å²) in [7, 11) is 0. The third-order valence-electron chi connectivity index (χ3n) is 10.0. The monoisotopic (exact) mass is 818 g/mol. The molecule has 3 atom stereocenters. The van der Waals surface area contributed by atoms with Crippen molar-refractivity contribution in [3.63, 3.8) is 0 Å². The second-order valence-corrected chi connectivity index (χ2v) is 15.0. The van der Waals surface area contributed by atoms with Crippen LogP contribution in [0, 0.1) is 69.9 Å². The molecule has 2 saturated carbocycles. The van der Waals surface area contributed by atoms with Crippen LogP contribution < -0.4 is 0 Å². The van der Waals surface area contributed by atoms with Crippen LogP contribution in [0.15, 0.2) is 30.7 Å². The lowest BCUT2D eigenvalue weighted by Crippen LogP contribution is -2.27. The minimum Gasteiger partial charge on any atom is -0.481 e. The number of aromatic nitrogens is 6. The van der Waals surface area contributed by atoms with Crippen molar-refractivity contribution >= 4 is 46.8 Å². The van der Waals surface area contributed by atoms with Crippen LogP contribution in [0.25, 0.3) is 0 Å². The molecule has 3 aromatic heterocycles. The fraction of sp³-hybridized carbons (Fsp3) is 0.550. The summed E-state index contributed by atoms with van der Waals surface area (Å²) in [6.07, 6.45) is 32.4. The Hall–Kier alpha value is -4.09. The fourth-order valence-electron chi connectivity index (χ4n) is 6.54. The van der Waals surface area contributed by atoms with Gasteiger partial charge in [0.05, 0.1) is 41.0 Å². The van der Waals surface area contributed by atoms with E-state index in [2.05, 4.69) is 61.4 Å². The van der Waals surface area contributed by atoms with E-state index in [1.165, 1.54) is 40.6 Å². The predicted molar refractivity (Wildman–Crippen MR) is 213 cm³/mol. The summed E-state index contributed by atoms with van der Waals surface area (Å²) >= 11 is 2.32. The van der Waals surface area contributed by atoms with Crippen molar-refractivity contribution in [1.29, 1.82) is 0 Å². The van der Waals surface area contributed by atoms with Crippen LogP contribution in [0.2, 0.25) is 0 Å². The zero-order chi connectivity index (χ0) is 35.6. The molecule has 8 rings (SSSR count). The number of carbonyl (C=O) groups excluding carboxylic acids is 2. The Labute approximate surface area is 323 Å². The van der Waals surface area contributed by atoms with E-state index in [-0.39, 0.29) is 32.6 Å². The maximum absolute atomic E-state index is 12.0. The molecular formula is C40H52BIN6O4. The van der Waals surface area contributed by atoms with Gasteiger partial charge in [-0.1, -0.05) is 14.9 Å². The van der Waals surface area contributed by atoms with Gasteiger partial charge in [-0.05, 0) is 111 Å². The lowest BCUT2D eigenvalue weighted by Gasteiger charge is -2.22. The Bertz CT molecular complexity index is 1750. The van der Waals surface area contributed by atoms with E-state index in [4.69, 9.17) is 24.4 Å². The van der Waals surface area contributed by atoms with E-state index < -0.39 is 12.7 Å². The quantitative estimate of drug-likeness (QED) is 0.175. The average molecular weight is 819 g/mol. The minimum atomic E-state index is -0.712. The number of hydrogen-bond donors (Lipinski definition) is 1. The molecule has 10 nitrogen and oxygen atoms in total. The predicted octanol–water partition coefficient (Wildman–Crippen LogP) is 6.03. The number of fused-ring (bicyclic) bond motifs is 3. The van der Waals surface area contributed by atoms with Crippen molar-refractivity contribution in [2.24, 2.45) is 29.6 Å². The number of carboxylic acids is 1. The Morgan fingerprint density at radius 1 is 0.712 bits per heavy atom. The molecule has 276 valence electrons. The Morgan fingerprint density at radius 2 is 1.15 bits per heavy atom. The summed E-state index contributed by atoms with van der Waals surface area (Å²) in [6, 6.07) is 4.00. The highest BCUT2D eigenvalue weighted by molar-refractivity contribution is 14.1. The second-order valence-electron chi connectivity index (χ2n) is 13.8. The number of halogens is 1. The molecule has 6 heterocycles. The molecule has 5 aliphatic rings. The summed E-state index contributed by atoms with van der Waals surface area (Å²) < 4.78 is 7.05. The molecule has 0 amide bonds. The van der Waals surface area contributed by atoms with Crippen LogP contribution in [-0.2, 0) is 53.3 Å². The Kier molecular flexibility index (Phi) is 16.5. The van der Waals surface area contributed by atoms with Gasteiger partial charge in [0.1, 0.15) is 11.6 Å². The van der Waals surface area contributed by atoms with Crippen molar-refractivity contribution in [3.05, 3.63) is 51.4 Å². The summed E-state index contributed by atoms with van der Waals surface area (Å²) in [5.74, 6) is 8.56. The van der Waals surface area contributed by atoms with Gasteiger partial charge in [0.25, 0.3) is 0 Å². The van der Waals surface area contributed by atoms with Gasteiger partial charge in [-0.2, -0.15) is 15.3 Å². The molecule has 3 aromatic rings. The van der Waals surface area contributed by atoms with Crippen molar-refractivity contribution in [2.75, 3.05) is 0 Å². The zero-order valence-electron chi connectivity index (χ0n) is 28.4. The summed E-state index contributed by atoms with van der Waals surface area (Å²) in [4.78, 5) is 34.6. The van der Waals surface area contributed by atoms with E-state index in [1.807, 2.05) is 27.8 Å². The number of carbonyl (C=O) groups is 3. The number of aryl methyl sites for hydroxylation is 2. The molecule has 0 saturated heterocycles. The third-order valence-corrected chi connectivity index (χ3v) is 10.9. The maximum atomic E-state index is 12.0. The van der Waals surface area contributed by atoms with Crippen LogP contribution in [0.3, 0.4) is 0 Å². The third kappa shape index (κ3) is 12.0. The number of terminal acetylenes is 3. The number of ketones is 2. The minimum absolute atomic E-state index is 0. The molecule has 0 spiro atoms. The summed E-state index contributed by atoms with van der Waals surface area (Å²) in [5, 5.41) is 21.4. The first-order valence-corrected chi connectivity index (χ1v) is 18.6. The van der Waals surface area contributed by atoms with E-state index in [1.54, 1.807) is 10.9 Å². The van der Waals surface area contributed by atoms with Crippen LogP contribution in [0.1, 0.15) is 89.7 Å². The standard InChI is InChI=1S/C12H15IN2O.C12H16N2O.C8H10N2O2.C6H3B.2CH4/c13-10-6-14-15-7-9(3-4-11(10)15)12(16)5-8-1-2-8;15-12(7-9-1-2-9)10-3-4-11-5-6-13-14(11)8-10;11-8(12)6-1-2-7-3-4-9-10(7)5-6;1-4-7(5-2)6-3;;/h6,8-9H,1-5,7H2;5-6,9-10H,1-4,7-8H2;3-4,6H,1-2,5H2,(H,11,12);1-3H;2*1H4. The number of hydrogen-bond acceptors (Lipinski definition) is 6. The number of aliphatic carboxylic acids is 1. The van der Waals surface area contributed by atoms with Crippen LogP contribution in [0.4, 0.5) is 0 Å². The molecule has 0 bridgehead atoms. The van der Waals surface area contributed by atoms with Crippen LogP contribution in [-0.4, -0.2) is 58.7 Å². The van der Waals surface area contributed by atoms with Crippen molar-refractivity contribution in [3.8, 4) is 36.7 Å². The molecule has 3 aliphatic heterocycles. The van der Waals surface area contributed by atoms with Gasteiger partial charge in [0.2, 0.25) is 0 Å². The molecule has 2 fully saturated rings. The Balaban J connectivity index is 0.000000191. The molecule has 52 heavy (non-hydrogen) atoms. The first-order chi connectivity index (χ1) is 24.2. The first-order valence-electron chi connectivity index (χ1n) is 17.6. The molecule has 0 aromatic carbocycles. The van der Waals surface area contributed by atoms with Crippen molar-refractivity contribution in [2.45, 2.75) is 112 Å². The molecule has 1 N–H and O–H groups in total. The molecule has 2 aliphatic carbocycles. The number of rotatable bonds is 7. The molecule has 0 radical (unpaired) electrons. The van der Waals surface area contributed by atoms with Crippen molar-refractivity contribution in [1.82, 2.24) is 29.3 Å². The number of nitrogens with zero attached hydrogens (tertiary/aromatic N) is 6. The van der Waals surface area contributed by atoms with Crippen molar-refractivity contribution < 1.29 is 19.5 Å². The summed E-state index contributed by atoms with van der Waals surface area (Å²) in [5.41, 5.74) is 3.74. The SMILES string of the molecule is C.C.C#CB(C#C)C#C.O=C(CC1CC1)C1CCc2c(I)cnn2C1.O=C(CC1CC1)C1CCc2ccnn2C1.O=C(O)C1CCc2ccnn2C1. The number of carboxylic acid groups (broad SMARTS) is 1. The van der Waals surface area contributed by atoms with Gasteiger partial charge in [0, 0.05) is 48.5 Å². The molecule has 3 unspecified atom stereocenters. The van der Waals surface area contributed by atoms with Gasteiger partial charge in [0.15, 0.2) is 0 Å². The second kappa shape index (κ2) is 20.2. The Morgan fingerprint density at radius 3 is 1.60 bits per heavy atom. The first kappa shape index (κ1) is 42.3. The van der Waals surface area contributed by atoms with Gasteiger partial charge in [-0.25, -0.2) is 0 Å². The van der Waals surface area contributed by atoms with Crippen LogP contribution >= 0.6 is 22.6 Å². The highest BCUT2D eigenvalue weighted by atomic mass is 127. The van der Waals surface area contributed by atoms with E-state index in [9.17, 15) is 14.4 Å². The van der Waals surface area contributed by atoms with Gasteiger partial charge < -0.3 is 5.11 Å². The average Bonchev–Trinajstić information content (AvgIpc) is 3.98. The summed E-state index contributed by atoms with van der Waals surface area (Å²) in [6.45, 7) is 1.72. The van der Waals surface area contributed by atoms with E-state index in [0.29, 0.717) is 24.0 Å². The molecule has 12 heteroatoms. The van der Waals surface area contributed by atoms with Gasteiger partial charge in [-0.3, -0.25) is 28.4 Å². The zero-order valence-corrected chi connectivity index (χ0v) is 30.6. The van der Waals surface area contributed by atoms with Crippen LogP contribution in [0.5, 0.6) is 0 Å². The highest BCUT2D eigenvalue weighted by Gasteiger charge is 2.32. The topological polar surface area (TPSA) is 125 Å². The van der Waals surface area contributed by atoms with Gasteiger partial charge in [-0.15, -0.1) is 36.7 Å². The smallest absolute Gasteiger partial charge is 0.394 e. The number of Topliss-reactive ketones (excluding diaryl/α,β-unsaturated/α-hetero) is 2. The fourth-order valence-corrected chi connectivity index (χ4v) is 7.21. The lowest BCUT2D eigenvalue weighted by molar-refractivity contribution is -0.142. The normalized spacial score (nSPS) is 20.3. The highest BCUT2D eigenvalue weighted by Crippen LogP contribution is 2.36. The van der Waals surface area contributed by atoms with E-state index >= 15 is 0 Å². The van der Waals surface area contributed by atoms with E-state index in [0.717, 1.165) is 76.1 Å². The molecular weight excluding hydrogens is 766 g/mol. The van der Waals surface area contributed by atoms with Gasteiger partial charge >= 0.3 is 12.7 Å².